The molecule has 8 heteroatoms. The molecule has 1 saturated heterocycles. The fourth-order valence-corrected chi connectivity index (χ4v) is 4.47. The molecule has 8 nitrogen and oxygen atoms in total. The minimum absolute atomic E-state index is 0.0164. The van der Waals surface area contributed by atoms with Gasteiger partial charge in [0.05, 0.1) is 13.2 Å². The fourth-order valence-electron chi connectivity index (χ4n) is 4.47. The molecule has 1 aliphatic rings. The van der Waals surface area contributed by atoms with Gasteiger partial charge in [0.15, 0.2) is 0 Å². The first-order valence-electron chi connectivity index (χ1n) is 11.5. The Kier molecular flexibility index (Phi) is 6.12. The van der Waals surface area contributed by atoms with Crippen LogP contribution in [0.15, 0.2) is 65.4 Å². The Hall–Kier alpha value is -3.94. The number of amides is 1. The summed E-state index contributed by atoms with van der Waals surface area (Å²) in [6.07, 6.45) is 3.00. The summed E-state index contributed by atoms with van der Waals surface area (Å²) in [5.41, 5.74) is 3.16. The topological polar surface area (TPSA) is 93.4 Å². The normalized spacial score (nSPS) is 15.3. The molecule has 0 saturated carbocycles. The van der Waals surface area contributed by atoms with Crippen LogP contribution in [0.4, 0.5) is 5.82 Å². The molecule has 34 heavy (non-hydrogen) atoms. The van der Waals surface area contributed by atoms with Gasteiger partial charge in [-0.15, -0.1) is 0 Å². The van der Waals surface area contributed by atoms with E-state index in [9.17, 15) is 4.79 Å². The van der Waals surface area contributed by atoms with Crippen LogP contribution in [0.1, 0.15) is 31.4 Å². The van der Waals surface area contributed by atoms with Gasteiger partial charge in [0.25, 0.3) is 5.71 Å². The highest BCUT2D eigenvalue weighted by molar-refractivity contribution is 5.98. The van der Waals surface area contributed by atoms with Crippen molar-refractivity contribution in [2.24, 2.45) is 5.92 Å². The number of rotatable bonds is 6. The van der Waals surface area contributed by atoms with Gasteiger partial charge in [0, 0.05) is 24.6 Å². The molecule has 1 fully saturated rings. The van der Waals surface area contributed by atoms with Crippen molar-refractivity contribution in [2.45, 2.75) is 25.8 Å². The van der Waals surface area contributed by atoms with E-state index in [0.717, 1.165) is 54.0 Å². The molecule has 1 N–H and O–H groups in total. The molecule has 3 heterocycles. The third-order valence-electron chi connectivity index (χ3n) is 6.44. The summed E-state index contributed by atoms with van der Waals surface area (Å²) in [6.45, 7) is 3.46. The van der Waals surface area contributed by atoms with E-state index < -0.39 is 0 Å². The molecule has 0 spiro atoms. The second kappa shape index (κ2) is 9.51. The van der Waals surface area contributed by atoms with Crippen molar-refractivity contribution in [1.82, 2.24) is 20.4 Å². The summed E-state index contributed by atoms with van der Waals surface area (Å²) in [7, 11) is 1.64. The smallest absolute Gasteiger partial charge is 0.263 e. The van der Waals surface area contributed by atoms with Gasteiger partial charge in [-0.1, -0.05) is 35.5 Å². The van der Waals surface area contributed by atoms with Gasteiger partial charge in [-0.3, -0.25) is 4.79 Å². The van der Waals surface area contributed by atoms with E-state index in [2.05, 4.69) is 25.3 Å². The number of hydrogen-bond donors (Lipinski definition) is 1. The highest BCUT2D eigenvalue weighted by atomic mass is 16.5. The number of benzene rings is 2. The van der Waals surface area contributed by atoms with Crippen molar-refractivity contribution in [3.8, 4) is 17.0 Å². The molecule has 1 atom stereocenters. The van der Waals surface area contributed by atoms with E-state index in [-0.39, 0.29) is 17.9 Å². The molecule has 0 bridgehead atoms. The number of nitrogens with zero attached hydrogens (tertiary/aromatic N) is 4. The van der Waals surface area contributed by atoms with E-state index in [0.29, 0.717) is 11.4 Å². The number of ether oxygens (including phenoxy) is 1. The van der Waals surface area contributed by atoms with Crippen LogP contribution in [-0.4, -0.2) is 41.2 Å². The number of anilines is 1. The molecule has 1 aliphatic heterocycles. The van der Waals surface area contributed by atoms with Gasteiger partial charge >= 0.3 is 0 Å². The Morgan fingerprint density at radius 3 is 2.53 bits per heavy atom. The number of carbonyl (C=O) groups is 1. The largest absolute Gasteiger partial charge is 0.497 e. The van der Waals surface area contributed by atoms with Crippen LogP contribution in [-0.2, 0) is 4.79 Å². The highest BCUT2D eigenvalue weighted by Crippen LogP contribution is 2.35. The average molecular weight is 458 g/mol. The Morgan fingerprint density at radius 2 is 1.82 bits per heavy atom. The summed E-state index contributed by atoms with van der Waals surface area (Å²) in [6, 6.07) is 17.7. The minimum Gasteiger partial charge on any atom is -0.497 e. The molecule has 4 aromatic rings. The summed E-state index contributed by atoms with van der Waals surface area (Å²) in [5, 5.41) is 8.23. The number of aromatic nitrogens is 3. The predicted octanol–water partition coefficient (Wildman–Crippen LogP) is 4.39. The lowest BCUT2D eigenvalue weighted by atomic mass is 9.95. The first-order valence-corrected chi connectivity index (χ1v) is 11.5. The van der Waals surface area contributed by atoms with Crippen molar-refractivity contribution >= 4 is 22.8 Å². The van der Waals surface area contributed by atoms with Gasteiger partial charge in [-0.2, -0.15) is 4.98 Å². The maximum atomic E-state index is 12.9. The first-order chi connectivity index (χ1) is 16.6. The molecule has 174 valence electrons. The maximum Gasteiger partial charge on any atom is 0.263 e. The number of carbonyl (C=O) groups excluding carboxylic acids is 1. The van der Waals surface area contributed by atoms with Crippen LogP contribution in [0.3, 0.4) is 0 Å². The second-order valence-corrected chi connectivity index (χ2v) is 8.54. The second-order valence-electron chi connectivity index (χ2n) is 8.54. The van der Waals surface area contributed by atoms with Crippen LogP contribution in [0.25, 0.3) is 22.4 Å². The van der Waals surface area contributed by atoms with E-state index in [1.165, 1.54) is 6.33 Å². The third-order valence-corrected chi connectivity index (χ3v) is 6.44. The van der Waals surface area contributed by atoms with Crippen LogP contribution >= 0.6 is 0 Å². The highest BCUT2D eigenvalue weighted by Gasteiger charge is 2.29. The molecule has 2 aromatic heterocycles. The summed E-state index contributed by atoms with van der Waals surface area (Å²) >= 11 is 0. The van der Waals surface area contributed by atoms with Crippen molar-refractivity contribution in [1.29, 1.82) is 0 Å². The number of fused-ring (bicyclic) bond motifs is 1. The van der Waals surface area contributed by atoms with Crippen LogP contribution in [0.5, 0.6) is 5.75 Å². The van der Waals surface area contributed by atoms with Crippen LogP contribution in [0, 0.1) is 5.92 Å². The Bertz CT molecular complexity index is 1260. The van der Waals surface area contributed by atoms with E-state index in [4.69, 9.17) is 9.26 Å². The van der Waals surface area contributed by atoms with Crippen molar-refractivity contribution in [3.05, 3.63) is 66.5 Å². The molecular formula is C26H27N5O3. The third kappa shape index (κ3) is 4.31. The minimum atomic E-state index is -0.0247. The van der Waals surface area contributed by atoms with E-state index in [1.807, 2.05) is 61.5 Å². The lowest BCUT2D eigenvalue weighted by Crippen LogP contribution is -2.41. The standard InChI is InChI=1S/C26H27N5O3/c1-17(18-6-4-3-5-7-18)29-25(32)20-12-14-31(15-13-20)24-22-23(30-34-26(22)28-16-27-24)19-8-10-21(33-2)11-9-19/h3-11,16-17,20H,12-15H2,1-2H3,(H,29,32). The monoisotopic (exact) mass is 457 g/mol. The van der Waals surface area contributed by atoms with Gasteiger partial charge in [0.2, 0.25) is 5.91 Å². The number of methoxy groups -OCH3 is 1. The van der Waals surface area contributed by atoms with E-state index in [1.54, 1.807) is 7.11 Å². The van der Waals surface area contributed by atoms with Crippen molar-refractivity contribution in [3.63, 3.8) is 0 Å². The molecule has 0 radical (unpaired) electrons. The maximum absolute atomic E-state index is 12.9. The molecule has 1 amide bonds. The summed E-state index contributed by atoms with van der Waals surface area (Å²) in [4.78, 5) is 23.9. The number of hydrogen-bond acceptors (Lipinski definition) is 7. The zero-order chi connectivity index (χ0) is 23.5. The zero-order valence-electron chi connectivity index (χ0n) is 19.3. The molecule has 0 aliphatic carbocycles. The molecule has 1 unspecified atom stereocenters. The van der Waals surface area contributed by atoms with Gasteiger partial charge in [-0.05, 0) is 49.6 Å². The fraction of sp³-hybridized carbons (Fsp3) is 0.308. The van der Waals surface area contributed by atoms with Gasteiger partial charge in [-0.25, -0.2) is 4.98 Å². The number of nitrogens with one attached hydrogen (secondary N) is 1. The lowest BCUT2D eigenvalue weighted by Gasteiger charge is -2.32. The van der Waals surface area contributed by atoms with Gasteiger partial charge < -0.3 is 19.5 Å². The average Bonchev–Trinajstić information content (AvgIpc) is 3.34. The summed E-state index contributed by atoms with van der Waals surface area (Å²) in [5.74, 6) is 1.64. The Morgan fingerprint density at radius 1 is 1.09 bits per heavy atom. The Labute approximate surface area is 197 Å². The van der Waals surface area contributed by atoms with Gasteiger partial charge in [0.1, 0.15) is 29.0 Å². The van der Waals surface area contributed by atoms with Crippen molar-refractivity contribution < 1.29 is 14.1 Å². The summed E-state index contributed by atoms with van der Waals surface area (Å²) < 4.78 is 10.8. The lowest BCUT2D eigenvalue weighted by molar-refractivity contribution is -0.126. The van der Waals surface area contributed by atoms with E-state index >= 15 is 0 Å². The van der Waals surface area contributed by atoms with Crippen LogP contribution in [0.2, 0.25) is 0 Å². The number of piperidine rings is 1. The first kappa shape index (κ1) is 21.9. The molecular weight excluding hydrogens is 430 g/mol. The molecule has 2 aromatic carbocycles. The Balaban J connectivity index is 1.31. The predicted molar refractivity (Wildman–Crippen MR) is 130 cm³/mol. The molecule has 5 rings (SSSR count). The van der Waals surface area contributed by atoms with Crippen molar-refractivity contribution in [2.75, 3.05) is 25.1 Å². The zero-order valence-corrected chi connectivity index (χ0v) is 19.3. The van der Waals surface area contributed by atoms with Crippen LogP contribution < -0.4 is 15.0 Å². The SMILES string of the molecule is COc1ccc(-c2noc3ncnc(N4CCC(C(=O)NC(C)c5ccccc5)CC4)c23)cc1. The quantitative estimate of drug-likeness (QED) is 0.459.